The molecule has 0 saturated carbocycles. The van der Waals surface area contributed by atoms with Crippen LogP contribution >= 0.6 is 11.6 Å². The van der Waals surface area contributed by atoms with Gasteiger partial charge in [-0.2, -0.15) is 0 Å². The molecule has 0 aliphatic rings. The third-order valence-electron chi connectivity index (χ3n) is 5.03. The number of carbonyl (C=O) groups is 1. The molecule has 6 nitrogen and oxygen atoms in total. The number of benzene rings is 3. The summed E-state index contributed by atoms with van der Waals surface area (Å²) in [6, 6.07) is 22.5. The van der Waals surface area contributed by atoms with Gasteiger partial charge in [0.1, 0.15) is 0 Å². The van der Waals surface area contributed by atoms with Crippen LogP contribution in [0.3, 0.4) is 0 Å². The van der Waals surface area contributed by atoms with Gasteiger partial charge in [0.2, 0.25) is 0 Å². The molecule has 0 spiro atoms. The second-order valence-electron chi connectivity index (χ2n) is 7.66. The third kappa shape index (κ3) is 6.56. The zero-order chi connectivity index (χ0) is 23.1. The highest BCUT2D eigenvalue weighted by atomic mass is 35.5. The Morgan fingerprint density at radius 3 is 2.38 bits per heavy atom. The summed E-state index contributed by atoms with van der Waals surface area (Å²) in [7, 11) is 0.0651. The van der Waals surface area contributed by atoms with Crippen LogP contribution in [0.25, 0.3) is 0 Å². The number of halogens is 1. The maximum atomic E-state index is 12.8. The van der Waals surface area contributed by atoms with Crippen LogP contribution in [-0.4, -0.2) is 45.9 Å². The summed E-state index contributed by atoms with van der Waals surface area (Å²) in [6.45, 7) is 0.429. The van der Waals surface area contributed by atoms with E-state index < -0.39 is 10.0 Å². The number of sulfonamides is 1. The molecule has 2 N–H and O–H groups in total. The average molecular weight is 472 g/mol. The van der Waals surface area contributed by atoms with Gasteiger partial charge in [-0.1, -0.05) is 54.1 Å². The number of rotatable bonds is 9. The second kappa shape index (κ2) is 10.6. The molecular weight excluding hydrogens is 446 g/mol. The van der Waals surface area contributed by atoms with Gasteiger partial charge in [-0.15, -0.1) is 0 Å². The van der Waals surface area contributed by atoms with Crippen LogP contribution in [0.4, 0.5) is 5.69 Å². The van der Waals surface area contributed by atoms with E-state index in [9.17, 15) is 13.2 Å². The van der Waals surface area contributed by atoms with Crippen molar-refractivity contribution in [2.45, 2.75) is 17.4 Å². The highest BCUT2D eigenvalue weighted by Gasteiger charge is 2.18. The molecule has 0 radical (unpaired) electrons. The van der Waals surface area contributed by atoms with Gasteiger partial charge in [-0.25, -0.2) is 8.42 Å². The van der Waals surface area contributed by atoms with Crippen LogP contribution in [0, 0.1) is 0 Å². The average Bonchev–Trinajstić information content (AvgIpc) is 2.76. The van der Waals surface area contributed by atoms with Gasteiger partial charge in [0.25, 0.3) is 15.9 Å². The summed E-state index contributed by atoms with van der Waals surface area (Å²) in [5.41, 5.74) is 1.80. The molecule has 0 aliphatic carbocycles. The SMILES string of the molecule is CN(C)C(CNC(=O)c1cccc(S(=O)(=O)Nc2cccc(Cl)c2)c1)Cc1ccccc1. The first kappa shape index (κ1) is 23.8. The van der Waals surface area contributed by atoms with E-state index in [1.165, 1.54) is 23.8 Å². The fraction of sp³-hybridized carbons (Fsp3) is 0.208. The third-order valence-corrected chi connectivity index (χ3v) is 6.64. The first-order valence-electron chi connectivity index (χ1n) is 10.1. The lowest BCUT2D eigenvalue weighted by atomic mass is 10.1. The minimum Gasteiger partial charge on any atom is -0.350 e. The number of hydrogen-bond donors (Lipinski definition) is 2. The Hall–Kier alpha value is -2.87. The van der Waals surface area contributed by atoms with Crippen LogP contribution in [0.15, 0.2) is 83.8 Å². The Morgan fingerprint density at radius 1 is 0.969 bits per heavy atom. The molecule has 3 aromatic rings. The molecular formula is C24H26ClN3O3S. The highest BCUT2D eigenvalue weighted by molar-refractivity contribution is 7.92. The predicted molar refractivity (Wildman–Crippen MR) is 129 cm³/mol. The molecule has 168 valence electrons. The fourth-order valence-electron chi connectivity index (χ4n) is 3.21. The first-order chi connectivity index (χ1) is 15.2. The van der Waals surface area contributed by atoms with E-state index in [1.807, 2.05) is 32.3 Å². The molecule has 1 amide bonds. The standard InChI is InChI=1S/C24H26ClN3O3S/c1-28(2)22(14-18-8-4-3-5-9-18)17-26-24(29)19-10-6-13-23(15-19)32(30,31)27-21-12-7-11-20(25)16-21/h3-13,15-16,22,27H,14,17H2,1-2H3,(H,26,29). The Labute approximate surface area is 194 Å². The maximum absolute atomic E-state index is 12.8. The van der Waals surface area contributed by atoms with Crippen LogP contribution in [0.2, 0.25) is 5.02 Å². The van der Waals surface area contributed by atoms with Crippen molar-refractivity contribution in [3.63, 3.8) is 0 Å². The number of nitrogens with zero attached hydrogens (tertiary/aromatic N) is 1. The van der Waals surface area contributed by atoms with Gasteiger partial charge in [0.05, 0.1) is 10.6 Å². The second-order valence-corrected chi connectivity index (χ2v) is 9.78. The van der Waals surface area contributed by atoms with Gasteiger partial charge < -0.3 is 10.2 Å². The number of carbonyl (C=O) groups excluding carboxylic acids is 1. The number of likely N-dealkylation sites (N-methyl/N-ethyl adjacent to an activating group) is 1. The van der Waals surface area contributed by atoms with Gasteiger partial charge in [-0.3, -0.25) is 9.52 Å². The van der Waals surface area contributed by atoms with E-state index in [-0.39, 0.29) is 22.4 Å². The Balaban J connectivity index is 1.69. The highest BCUT2D eigenvalue weighted by Crippen LogP contribution is 2.20. The lowest BCUT2D eigenvalue weighted by molar-refractivity contribution is 0.0941. The molecule has 0 aromatic heterocycles. The van der Waals surface area contributed by atoms with Gasteiger partial charge >= 0.3 is 0 Å². The Bertz CT molecular complexity index is 1170. The molecule has 32 heavy (non-hydrogen) atoms. The van der Waals surface area contributed by atoms with E-state index >= 15 is 0 Å². The molecule has 8 heteroatoms. The summed E-state index contributed by atoms with van der Waals surface area (Å²) in [5, 5.41) is 3.34. The van der Waals surface area contributed by atoms with Crippen LogP contribution in [-0.2, 0) is 16.4 Å². The molecule has 0 bridgehead atoms. The smallest absolute Gasteiger partial charge is 0.261 e. The maximum Gasteiger partial charge on any atom is 0.261 e. The minimum atomic E-state index is -3.87. The monoisotopic (exact) mass is 471 g/mol. The molecule has 3 rings (SSSR count). The van der Waals surface area contributed by atoms with Crippen molar-refractivity contribution >= 4 is 33.2 Å². The zero-order valence-corrected chi connectivity index (χ0v) is 19.5. The van der Waals surface area contributed by atoms with Crippen molar-refractivity contribution < 1.29 is 13.2 Å². The van der Waals surface area contributed by atoms with Crippen molar-refractivity contribution in [2.24, 2.45) is 0 Å². The van der Waals surface area contributed by atoms with Crippen molar-refractivity contribution in [1.29, 1.82) is 0 Å². The van der Waals surface area contributed by atoms with Crippen LogP contribution in [0.5, 0.6) is 0 Å². The van der Waals surface area contributed by atoms with E-state index in [2.05, 4.69) is 27.1 Å². The van der Waals surface area contributed by atoms with E-state index in [0.29, 0.717) is 17.3 Å². The molecule has 0 fully saturated rings. The molecule has 0 saturated heterocycles. The lowest BCUT2D eigenvalue weighted by Gasteiger charge is -2.25. The lowest BCUT2D eigenvalue weighted by Crippen LogP contribution is -2.41. The number of amides is 1. The predicted octanol–water partition coefficient (Wildman–Crippen LogP) is 4.04. The molecule has 0 heterocycles. The normalized spacial score (nSPS) is 12.4. The van der Waals surface area contributed by atoms with E-state index in [1.54, 1.807) is 30.3 Å². The first-order valence-corrected chi connectivity index (χ1v) is 12.0. The fourth-order valence-corrected chi connectivity index (χ4v) is 4.49. The molecule has 0 aliphatic heterocycles. The topological polar surface area (TPSA) is 78.5 Å². The summed E-state index contributed by atoms with van der Waals surface area (Å²) >= 11 is 5.93. The summed E-state index contributed by atoms with van der Waals surface area (Å²) < 4.78 is 28.0. The van der Waals surface area contributed by atoms with Crippen molar-refractivity contribution in [2.75, 3.05) is 25.4 Å². The van der Waals surface area contributed by atoms with Crippen molar-refractivity contribution in [3.8, 4) is 0 Å². The van der Waals surface area contributed by atoms with Crippen LogP contribution < -0.4 is 10.0 Å². The van der Waals surface area contributed by atoms with Gasteiger partial charge in [0, 0.05) is 23.2 Å². The largest absolute Gasteiger partial charge is 0.350 e. The Morgan fingerprint density at radius 2 is 1.69 bits per heavy atom. The Kier molecular flexibility index (Phi) is 7.90. The summed E-state index contributed by atoms with van der Waals surface area (Å²) in [4.78, 5) is 14.8. The number of anilines is 1. The minimum absolute atomic E-state index is 0.00132. The molecule has 1 atom stereocenters. The number of hydrogen-bond acceptors (Lipinski definition) is 4. The van der Waals surface area contributed by atoms with Gasteiger partial charge in [0.15, 0.2) is 0 Å². The zero-order valence-electron chi connectivity index (χ0n) is 18.0. The summed E-state index contributed by atoms with van der Waals surface area (Å²) in [5.74, 6) is -0.329. The number of nitrogens with one attached hydrogen (secondary N) is 2. The molecule has 3 aromatic carbocycles. The van der Waals surface area contributed by atoms with E-state index in [4.69, 9.17) is 11.6 Å². The van der Waals surface area contributed by atoms with Gasteiger partial charge in [-0.05, 0) is 62.5 Å². The van der Waals surface area contributed by atoms with Crippen molar-refractivity contribution in [1.82, 2.24) is 10.2 Å². The quantitative estimate of drug-likeness (QED) is 0.493. The van der Waals surface area contributed by atoms with Crippen molar-refractivity contribution in [3.05, 3.63) is 95.0 Å². The van der Waals surface area contributed by atoms with Crippen LogP contribution in [0.1, 0.15) is 15.9 Å². The van der Waals surface area contributed by atoms with E-state index in [0.717, 1.165) is 6.42 Å². The molecule has 1 unspecified atom stereocenters. The summed E-state index contributed by atoms with van der Waals surface area (Å²) in [6.07, 6.45) is 0.784.